The van der Waals surface area contributed by atoms with E-state index in [1.165, 1.54) is 27.8 Å². The fourth-order valence-corrected chi connectivity index (χ4v) is 6.20. The molecule has 1 aliphatic rings. The van der Waals surface area contributed by atoms with E-state index in [1.54, 1.807) is 0 Å². The molecular formula is C38H31N3. The van der Waals surface area contributed by atoms with E-state index < -0.39 is 0 Å². The van der Waals surface area contributed by atoms with Crippen LogP contribution in [0.2, 0.25) is 0 Å². The highest BCUT2D eigenvalue weighted by atomic mass is 14.8. The Hall–Kier alpha value is -4.89. The summed E-state index contributed by atoms with van der Waals surface area (Å²) < 4.78 is 0. The quantitative estimate of drug-likeness (QED) is 0.231. The standard InChI is InChI=1S/C38H31N3/c1-25-11-6-15-28(23-25)37-32-19-8-17-30(39-32)36(27-13-4-3-5-14-27)31-18-9-20-33(40-31)38(29-16-7-12-26(2)24-29)35-22-10-21-34(37)41-35/h3-24,36-38H,1-2H3. The van der Waals surface area contributed by atoms with Crippen molar-refractivity contribution in [2.24, 2.45) is 0 Å². The average Bonchev–Trinajstić information content (AvgIpc) is 2.99. The molecule has 0 amide bonds. The van der Waals surface area contributed by atoms with Crippen molar-refractivity contribution in [1.82, 2.24) is 15.0 Å². The minimum absolute atomic E-state index is 0.0989. The number of pyridine rings is 3. The van der Waals surface area contributed by atoms with Crippen LogP contribution >= 0.6 is 0 Å². The number of hydrogen-bond donors (Lipinski definition) is 0. The first-order valence-electron chi connectivity index (χ1n) is 14.2. The summed E-state index contributed by atoms with van der Waals surface area (Å²) in [5.41, 5.74) is 11.9. The van der Waals surface area contributed by atoms with Crippen LogP contribution in [0.5, 0.6) is 0 Å². The summed E-state index contributed by atoms with van der Waals surface area (Å²) in [6.07, 6.45) is 0. The maximum atomic E-state index is 5.38. The molecule has 0 aliphatic carbocycles. The third kappa shape index (κ3) is 4.85. The zero-order valence-electron chi connectivity index (χ0n) is 23.3. The van der Waals surface area contributed by atoms with Gasteiger partial charge in [0, 0.05) is 0 Å². The number of hydrogen-bond acceptors (Lipinski definition) is 3. The van der Waals surface area contributed by atoms with Crippen molar-refractivity contribution >= 4 is 0 Å². The molecule has 41 heavy (non-hydrogen) atoms. The topological polar surface area (TPSA) is 38.7 Å². The summed E-state index contributed by atoms with van der Waals surface area (Å²) in [6, 6.07) is 47.3. The molecule has 3 nitrogen and oxygen atoms in total. The second-order valence-corrected chi connectivity index (χ2v) is 11.0. The Balaban J connectivity index is 1.55. The van der Waals surface area contributed by atoms with Crippen LogP contribution in [0.3, 0.4) is 0 Å². The molecule has 4 heterocycles. The van der Waals surface area contributed by atoms with Gasteiger partial charge in [-0.05, 0) is 66.9 Å². The summed E-state index contributed by atoms with van der Waals surface area (Å²) in [6.45, 7) is 4.29. The molecule has 0 fully saturated rings. The van der Waals surface area contributed by atoms with Crippen LogP contribution in [0.25, 0.3) is 0 Å². The van der Waals surface area contributed by atoms with E-state index in [1.807, 2.05) is 0 Å². The van der Waals surface area contributed by atoms with E-state index in [9.17, 15) is 0 Å². The lowest BCUT2D eigenvalue weighted by molar-refractivity contribution is 0.771. The summed E-state index contributed by atoms with van der Waals surface area (Å²) >= 11 is 0. The third-order valence-electron chi connectivity index (χ3n) is 8.03. The molecule has 0 spiro atoms. The van der Waals surface area contributed by atoms with E-state index in [0.717, 1.165) is 34.2 Å². The Bertz CT molecular complexity index is 1730. The SMILES string of the molecule is Cc1cccc(C2c3cccc(n3)C(c3ccccc3)c3cccc(n3)C(c3cccc(C)c3)c3cccc2n3)c1. The number of aryl methyl sites for hydroxylation is 2. The van der Waals surface area contributed by atoms with Crippen LogP contribution in [-0.2, 0) is 0 Å². The minimum Gasteiger partial charge on any atom is -0.256 e. The van der Waals surface area contributed by atoms with Crippen LogP contribution in [0.15, 0.2) is 133 Å². The van der Waals surface area contributed by atoms with Crippen molar-refractivity contribution in [3.8, 4) is 0 Å². The van der Waals surface area contributed by atoms with Crippen molar-refractivity contribution in [2.75, 3.05) is 0 Å². The van der Waals surface area contributed by atoms with Gasteiger partial charge in [0.05, 0.1) is 51.9 Å². The average molecular weight is 530 g/mol. The maximum absolute atomic E-state index is 5.38. The lowest BCUT2D eigenvalue weighted by Gasteiger charge is -2.25. The van der Waals surface area contributed by atoms with Gasteiger partial charge in [0.15, 0.2) is 0 Å². The second kappa shape index (κ2) is 10.6. The highest BCUT2D eigenvalue weighted by Gasteiger charge is 2.28. The number of benzene rings is 3. The van der Waals surface area contributed by atoms with Crippen LogP contribution in [0.4, 0.5) is 0 Å². The fraction of sp³-hybridized carbons (Fsp3) is 0.132. The Labute approximate surface area is 241 Å². The van der Waals surface area contributed by atoms with Crippen molar-refractivity contribution in [1.29, 1.82) is 0 Å². The molecule has 2 atom stereocenters. The zero-order chi connectivity index (χ0) is 27.8. The van der Waals surface area contributed by atoms with Crippen LogP contribution < -0.4 is 0 Å². The van der Waals surface area contributed by atoms with E-state index in [-0.39, 0.29) is 17.8 Å². The van der Waals surface area contributed by atoms with Gasteiger partial charge in [-0.15, -0.1) is 0 Å². The highest BCUT2D eigenvalue weighted by molar-refractivity contribution is 5.46. The Morgan fingerprint density at radius 3 is 1.02 bits per heavy atom. The van der Waals surface area contributed by atoms with E-state index in [4.69, 9.17) is 15.0 Å². The Kier molecular flexibility index (Phi) is 6.48. The lowest BCUT2D eigenvalue weighted by Crippen LogP contribution is -2.17. The van der Waals surface area contributed by atoms with E-state index in [0.29, 0.717) is 0 Å². The molecule has 1 aliphatic heterocycles. The number of nitrogens with zero attached hydrogens (tertiary/aromatic N) is 3. The van der Waals surface area contributed by atoms with Gasteiger partial charge in [0.2, 0.25) is 0 Å². The van der Waals surface area contributed by atoms with Crippen molar-refractivity contribution in [3.05, 3.63) is 195 Å². The van der Waals surface area contributed by atoms with Crippen molar-refractivity contribution < 1.29 is 0 Å². The molecule has 3 aromatic carbocycles. The molecule has 0 N–H and O–H groups in total. The highest BCUT2D eigenvalue weighted by Crippen LogP contribution is 2.38. The summed E-state index contributed by atoms with van der Waals surface area (Å²) in [4.78, 5) is 16.1. The fourth-order valence-electron chi connectivity index (χ4n) is 6.20. The number of fused-ring (bicyclic) bond motifs is 6. The Morgan fingerprint density at radius 1 is 0.341 bits per heavy atom. The molecule has 3 heteroatoms. The summed E-state index contributed by atoms with van der Waals surface area (Å²) in [5, 5.41) is 0. The first-order chi connectivity index (χ1) is 20.1. The lowest BCUT2D eigenvalue weighted by atomic mass is 9.85. The van der Waals surface area contributed by atoms with Crippen LogP contribution in [0.1, 0.15) is 79.7 Å². The van der Waals surface area contributed by atoms with Gasteiger partial charge < -0.3 is 0 Å². The van der Waals surface area contributed by atoms with Gasteiger partial charge in [-0.2, -0.15) is 0 Å². The number of rotatable bonds is 3. The van der Waals surface area contributed by atoms with Gasteiger partial charge >= 0.3 is 0 Å². The molecule has 6 bridgehead atoms. The number of aromatic nitrogens is 3. The van der Waals surface area contributed by atoms with Crippen molar-refractivity contribution in [3.63, 3.8) is 0 Å². The molecule has 0 saturated heterocycles. The van der Waals surface area contributed by atoms with Gasteiger partial charge in [0.1, 0.15) is 0 Å². The smallest absolute Gasteiger partial charge is 0.0686 e. The van der Waals surface area contributed by atoms with Gasteiger partial charge in [-0.1, -0.05) is 108 Å². The Morgan fingerprint density at radius 2 is 0.659 bits per heavy atom. The molecule has 198 valence electrons. The minimum atomic E-state index is -0.102. The predicted molar refractivity (Wildman–Crippen MR) is 164 cm³/mol. The van der Waals surface area contributed by atoms with Crippen molar-refractivity contribution in [2.45, 2.75) is 31.6 Å². The van der Waals surface area contributed by atoms with Crippen LogP contribution in [0, 0.1) is 13.8 Å². The molecule has 0 saturated carbocycles. The normalized spacial score (nSPS) is 17.8. The van der Waals surface area contributed by atoms with Gasteiger partial charge in [-0.3, -0.25) is 15.0 Å². The molecule has 6 aromatic rings. The monoisotopic (exact) mass is 529 g/mol. The first kappa shape index (κ1) is 25.1. The summed E-state index contributed by atoms with van der Waals surface area (Å²) in [5.74, 6) is -0.302. The maximum Gasteiger partial charge on any atom is 0.0686 e. The molecule has 0 radical (unpaired) electrons. The van der Waals surface area contributed by atoms with E-state index in [2.05, 4.69) is 147 Å². The largest absolute Gasteiger partial charge is 0.256 e. The van der Waals surface area contributed by atoms with Gasteiger partial charge in [-0.25, -0.2) is 0 Å². The molecular weight excluding hydrogens is 498 g/mol. The molecule has 7 rings (SSSR count). The second-order valence-electron chi connectivity index (χ2n) is 11.0. The first-order valence-corrected chi connectivity index (χ1v) is 14.2. The van der Waals surface area contributed by atoms with Crippen LogP contribution in [-0.4, -0.2) is 15.0 Å². The van der Waals surface area contributed by atoms with E-state index >= 15 is 0 Å². The van der Waals surface area contributed by atoms with Gasteiger partial charge in [0.25, 0.3) is 0 Å². The molecule has 3 aromatic heterocycles. The zero-order valence-corrected chi connectivity index (χ0v) is 23.3. The summed E-state index contributed by atoms with van der Waals surface area (Å²) in [7, 11) is 0. The third-order valence-corrected chi connectivity index (χ3v) is 8.03. The molecule has 2 unspecified atom stereocenters. The predicted octanol–water partition coefficient (Wildman–Crippen LogP) is 8.34.